The van der Waals surface area contributed by atoms with Crippen LogP contribution in [0.3, 0.4) is 0 Å². The average molecular weight is 249 g/mol. The van der Waals surface area contributed by atoms with Crippen LogP contribution in [0.5, 0.6) is 0 Å². The molecule has 2 N–H and O–H groups in total. The van der Waals surface area contributed by atoms with E-state index in [1.165, 1.54) is 0 Å². The Morgan fingerprint density at radius 3 is 2.28 bits per heavy atom. The van der Waals surface area contributed by atoms with Gasteiger partial charge in [0.25, 0.3) is 0 Å². The van der Waals surface area contributed by atoms with Crippen molar-refractivity contribution in [1.82, 2.24) is 10.2 Å². The van der Waals surface area contributed by atoms with Crippen LogP contribution < -0.4 is 5.32 Å². The van der Waals surface area contributed by atoms with Gasteiger partial charge in [-0.3, -0.25) is 0 Å². The van der Waals surface area contributed by atoms with E-state index in [4.69, 9.17) is 0 Å². The van der Waals surface area contributed by atoms with E-state index in [1.807, 2.05) is 12.1 Å². The molecule has 0 spiro atoms. The van der Waals surface area contributed by atoms with E-state index in [1.54, 1.807) is 0 Å². The molecular weight excluding hydrogens is 226 g/mol. The monoisotopic (exact) mass is 249 g/mol. The summed E-state index contributed by atoms with van der Waals surface area (Å²) in [5, 5.41) is 21.4. The van der Waals surface area contributed by atoms with Crippen molar-refractivity contribution >= 4 is 5.82 Å². The first kappa shape index (κ1) is 13.3. The first-order valence-electron chi connectivity index (χ1n) is 6.74. The molecule has 0 bridgehead atoms. The van der Waals surface area contributed by atoms with Crippen LogP contribution in [0, 0.1) is 0 Å². The average Bonchev–Trinajstić information content (AvgIpc) is 2.32. The van der Waals surface area contributed by atoms with Gasteiger partial charge in [-0.05, 0) is 37.8 Å². The third kappa shape index (κ3) is 3.42. The highest BCUT2D eigenvalue weighted by atomic mass is 16.3. The molecule has 1 aliphatic carbocycles. The number of nitrogens with zero attached hydrogens (tertiary/aromatic N) is 2. The Morgan fingerprint density at radius 1 is 1.11 bits per heavy atom. The van der Waals surface area contributed by atoms with Crippen LogP contribution in [0.1, 0.15) is 52.1 Å². The summed E-state index contributed by atoms with van der Waals surface area (Å²) < 4.78 is 0. The lowest BCUT2D eigenvalue weighted by Gasteiger charge is -2.26. The Balaban J connectivity index is 1.94. The van der Waals surface area contributed by atoms with Crippen LogP contribution in [-0.2, 0) is 5.41 Å². The zero-order chi connectivity index (χ0) is 13.2. The fraction of sp³-hybridized carbons (Fsp3) is 0.714. The molecule has 1 aromatic heterocycles. The van der Waals surface area contributed by atoms with Gasteiger partial charge < -0.3 is 10.4 Å². The highest BCUT2D eigenvalue weighted by molar-refractivity contribution is 5.35. The maximum atomic E-state index is 9.46. The number of hydrogen-bond donors (Lipinski definition) is 2. The first-order valence-corrected chi connectivity index (χ1v) is 6.74. The maximum Gasteiger partial charge on any atom is 0.148 e. The Labute approximate surface area is 109 Å². The lowest BCUT2D eigenvalue weighted by molar-refractivity contribution is 0.126. The quantitative estimate of drug-likeness (QED) is 0.845. The lowest BCUT2D eigenvalue weighted by Crippen LogP contribution is -2.28. The van der Waals surface area contributed by atoms with Crippen LogP contribution >= 0.6 is 0 Å². The van der Waals surface area contributed by atoms with E-state index < -0.39 is 0 Å². The standard InChI is InChI=1S/C14H23N3O/c1-14(2,3)12-8-9-13(17-16-12)15-10-4-6-11(18)7-5-10/h8-11,18H,4-7H2,1-3H3,(H,15,17). The van der Waals surface area contributed by atoms with Gasteiger partial charge in [-0.25, -0.2) is 0 Å². The van der Waals surface area contributed by atoms with Gasteiger partial charge in [0.1, 0.15) is 5.82 Å². The van der Waals surface area contributed by atoms with Crippen molar-refractivity contribution in [1.29, 1.82) is 0 Å². The van der Waals surface area contributed by atoms with Crippen molar-refractivity contribution in [2.45, 2.75) is 64.0 Å². The molecule has 1 heterocycles. The number of hydrogen-bond acceptors (Lipinski definition) is 4. The normalized spacial score (nSPS) is 24.9. The minimum atomic E-state index is -0.114. The SMILES string of the molecule is CC(C)(C)c1ccc(NC2CCC(O)CC2)nn1. The minimum Gasteiger partial charge on any atom is -0.393 e. The molecule has 1 aromatic rings. The van der Waals surface area contributed by atoms with Crippen LogP contribution in [0.4, 0.5) is 5.82 Å². The molecule has 1 saturated carbocycles. The molecule has 100 valence electrons. The van der Waals surface area contributed by atoms with Crippen LogP contribution in [0.2, 0.25) is 0 Å². The van der Waals surface area contributed by atoms with Crippen molar-refractivity contribution in [2.24, 2.45) is 0 Å². The van der Waals surface area contributed by atoms with Crippen molar-refractivity contribution in [3.8, 4) is 0 Å². The van der Waals surface area contributed by atoms with Crippen LogP contribution in [0.15, 0.2) is 12.1 Å². The van der Waals surface area contributed by atoms with Gasteiger partial charge in [0, 0.05) is 11.5 Å². The number of aliphatic hydroxyl groups is 1. The second-order valence-electron chi connectivity index (χ2n) is 6.20. The summed E-state index contributed by atoms with van der Waals surface area (Å²) in [4.78, 5) is 0. The number of aromatic nitrogens is 2. The molecule has 2 rings (SSSR count). The van der Waals surface area contributed by atoms with E-state index in [2.05, 4.69) is 36.3 Å². The first-order chi connectivity index (χ1) is 8.45. The minimum absolute atomic E-state index is 0.0421. The molecule has 18 heavy (non-hydrogen) atoms. The van der Waals surface area contributed by atoms with Crippen molar-refractivity contribution in [3.05, 3.63) is 17.8 Å². The maximum absolute atomic E-state index is 9.46. The van der Waals surface area contributed by atoms with Gasteiger partial charge >= 0.3 is 0 Å². The van der Waals surface area contributed by atoms with Gasteiger partial charge in [0.15, 0.2) is 0 Å². The third-order valence-corrected chi connectivity index (χ3v) is 3.48. The van der Waals surface area contributed by atoms with Gasteiger partial charge in [-0.1, -0.05) is 20.8 Å². The molecule has 0 saturated heterocycles. The van der Waals surface area contributed by atoms with E-state index in [-0.39, 0.29) is 11.5 Å². The van der Waals surface area contributed by atoms with Crippen LogP contribution in [0.25, 0.3) is 0 Å². The number of aliphatic hydroxyl groups excluding tert-OH is 1. The Kier molecular flexibility index (Phi) is 3.85. The summed E-state index contributed by atoms with van der Waals surface area (Å²) in [6, 6.07) is 4.45. The third-order valence-electron chi connectivity index (χ3n) is 3.48. The van der Waals surface area contributed by atoms with E-state index in [9.17, 15) is 5.11 Å². The molecule has 0 aliphatic heterocycles. The van der Waals surface area contributed by atoms with Crippen molar-refractivity contribution in [2.75, 3.05) is 5.32 Å². The molecular formula is C14H23N3O. The smallest absolute Gasteiger partial charge is 0.148 e. The summed E-state index contributed by atoms with van der Waals surface area (Å²) in [5.41, 5.74) is 1.05. The molecule has 0 unspecified atom stereocenters. The Bertz CT molecular complexity index is 375. The van der Waals surface area contributed by atoms with E-state index in [0.29, 0.717) is 6.04 Å². The van der Waals surface area contributed by atoms with E-state index >= 15 is 0 Å². The predicted octanol–water partition coefficient (Wildman–Crippen LogP) is 2.49. The molecule has 4 heteroatoms. The zero-order valence-corrected chi connectivity index (χ0v) is 11.5. The summed E-state index contributed by atoms with van der Waals surface area (Å²) in [6.45, 7) is 6.39. The fourth-order valence-corrected chi connectivity index (χ4v) is 2.24. The largest absolute Gasteiger partial charge is 0.393 e. The van der Waals surface area contributed by atoms with Crippen LogP contribution in [-0.4, -0.2) is 27.4 Å². The zero-order valence-electron chi connectivity index (χ0n) is 11.5. The second-order valence-corrected chi connectivity index (χ2v) is 6.20. The lowest BCUT2D eigenvalue weighted by atomic mass is 9.92. The predicted molar refractivity (Wildman–Crippen MR) is 72.6 cm³/mol. The Morgan fingerprint density at radius 2 is 1.78 bits per heavy atom. The number of anilines is 1. The van der Waals surface area contributed by atoms with Gasteiger partial charge in [0.2, 0.25) is 0 Å². The summed E-state index contributed by atoms with van der Waals surface area (Å²) in [7, 11) is 0. The molecule has 0 aromatic carbocycles. The molecule has 0 amide bonds. The highest BCUT2D eigenvalue weighted by Gasteiger charge is 2.20. The van der Waals surface area contributed by atoms with E-state index in [0.717, 1.165) is 37.2 Å². The molecule has 1 aliphatic rings. The Hall–Kier alpha value is -1.16. The second kappa shape index (κ2) is 5.22. The molecule has 1 fully saturated rings. The van der Waals surface area contributed by atoms with Crippen molar-refractivity contribution in [3.63, 3.8) is 0 Å². The number of rotatable bonds is 2. The summed E-state index contributed by atoms with van der Waals surface area (Å²) in [6.07, 6.45) is 3.65. The van der Waals surface area contributed by atoms with Gasteiger partial charge in [-0.2, -0.15) is 5.10 Å². The summed E-state index contributed by atoms with van der Waals surface area (Å²) >= 11 is 0. The van der Waals surface area contributed by atoms with Gasteiger partial charge in [-0.15, -0.1) is 5.10 Å². The van der Waals surface area contributed by atoms with Crippen molar-refractivity contribution < 1.29 is 5.11 Å². The molecule has 0 radical (unpaired) electrons. The number of nitrogens with one attached hydrogen (secondary N) is 1. The summed E-state index contributed by atoms with van der Waals surface area (Å²) in [5.74, 6) is 0.837. The molecule has 0 atom stereocenters. The highest BCUT2D eigenvalue weighted by Crippen LogP contribution is 2.23. The topological polar surface area (TPSA) is 58.0 Å². The van der Waals surface area contributed by atoms with Gasteiger partial charge in [0.05, 0.1) is 11.8 Å². The molecule has 4 nitrogen and oxygen atoms in total. The fourth-order valence-electron chi connectivity index (χ4n) is 2.24.